The molecule has 0 atom stereocenters. The van der Waals surface area contributed by atoms with E-state index in [1.54, 1.807) is 6.08 Å². The minimum Gasteiger partial charge on any atom is -0.785 e. The summed E-state index contributed by atoms with van der Waals surface area (Å²) >= 11 is 0. The van der Waals surface area contributed by atoms with Crippen LogP contribution in [0.4, 0.5) is 0 Å². The lowest BCUT2D eigenvalue weighted by molar-refractivity contribution is 1.47. The molecule has 52 valence electrons. The van der Waals surface area contributed by atoms with Crippen molar-refractivity contribution >= 4 is 5.71 Å². The van der Waals surface area contributed by atoms with Crippen LogP contribution in [0.5, 0.6) is 0 Å². The molecule has 0 unspecified atom stereocenters. The number of nitrogens with zero attached hydrogens (tertiary/aromatic N) is 1. The Morgan fingerprint density at radius 3 is 2.82 bits per heavy atom. The van der Waals surface area contributed by atoms with E-state index in [1.807, 2.05) is 36.8 Å². The van der Waals surface area contributed by atoms with Gasteiger partial charge in [-0.25, -0.2) is 0 Å². The molecule has 2 rings (SSSR count). The van der Waals surface area contributed by atoms with E-state index >= 15 is 0 Å². The van der Waals surface area contributed by atoms with Gasteiger partial charge in [-0.1, -0.05) is 5.71 Å². The molecule has 0 aromatic heterocycles. The SMILES string of the molecule is [N-]=C1C=C[CH+]c2ccccc21. The largest absolute Gasteiger partial charge is 0.785 e. The zero-order valence-corrected chi connectivity index (χ0v) is 5.99. The Hall–Kier alpha value is -1.50. The van der Waals surface area contributed by atoms with Gasteiger partial charge in [0.05, 0.1) is 5.56 Å². The smallest absolute Gasteiger partial charge is 0.102 e. The van der Waals surface area contributed by atoms with E-state index < -0.39 is 0 Å². The molecule has 1 aromatic rings. The third-order valence-electron chi connectivity index (χ3n) is 1.77. The lowest BCUT2D eigenvalue weighted by atomic mass is 9.96. The molecule has 1 nitrogen and oxygen atoms in total. The standard InChI is InChI=1S/C10H7N/c11-10-7-3-5-8-4-1-2-6-9(8)10/h1-7H. The van der Waals surface area contributed by atoms with E-state index in [1.165, 1.54) is 0 Å². The van der Waals surface area contributed by atoms with Crippen LogP contribution in [-0.4, -0.2) is 5.71 Å². The summed E-state index contributed by atoms with van der Waals surface area (Å²) in [4.78, 5) is 0. The Labute approximate surface area is 65.9 Å². The van der Waals surface area contributed by atoms with Gasteiger partial charge in [-0.05, 0) is 24.3 Å². The molecule has 11 heavy (non-hydrogen) atoms. The lowest BCUT2D eigenvalue weighted by Gasteiger charge is -2.08. The Morgan fingerprint density at radius 2 is 2.00 bits per heavy atom. The van der Waals surface area contributed by atoms with Crippen molar-refractivity contribution in [3.05, 3.63) is 59.4 Å². The summed E-state index contributed by atoms with van der Waals surface area (Å²) in [6.07, 6.45) is 5.52. The second kappa shape index (κ2) is 2.27. The summed E-state index contributed by atoms with van der Waals surface area (Å²) in [5.41, 5.74) is 2.34. The molecular formula is C10H7N. The normalized spacial score (nSPS) is 14.0. The molecule has 0 fully saturated rings. The second-order valence-electron chi connectivity index (χ2n) is 2.50. The molecule has 0 bridgehead atoms. The van der Waals surface area contributed by atoms with Crippen LogP contribution in [0.25, 0.3) is 5.41 Å². The molecule has 0 spiro atoms. The van der Waals surface area contributed by atoms with E-state index in [2.05, 4.69) is 0 Å². The maximum Gasteiger partial charge on any atom is 0.102 e. The van der Waals surface area contributed by atoms with Gasteiger partial charge in [0.25, 0.3) is 0 Å². The number of allylic oxidation sites excluding steroid dienone is 2. The van der Waals surface area contributed by atoms with E-state index in [4.69, 9.17) is 0 Å². The van der Waals surface area contributed by atoms with Crippen LogP contribution < -0.4 is 0 Å². The van der Waals surface area contributed by atoms with Gasteiger partial charge >= 0.3 is 0 Å². The molecule has 0 radical (unpaired) electrons. The summed E-state index contributed by atoms with van der Waals surface area (Å²) < 4.78 is 0. The van der Waals surface area contributed by atoms with Crippen LogP contribution in [0, 0.1) is 6.42 Å². The minimum absolute atomic E-state index is 0.350. The number of rotatable bonds is 0. The van der Waals surface area contributed by atoms with E-state index in [9.17, 15) is 5.41 Å². The Morgan fingerprint density at radius 1 is 1.18 bits per heavy atom. The average molecular weight is 141 g/mol. The molecule has 0 heterocycles. The number of hydrogen-bond donors (Lipinski definition) is 0. The van der Waals surface area contributed by atoms with Crippen molar-refractivity contribution in [2.75, 3.05) is 0 Å². The summed E-state index contributed by atoms with van der Waals surface area (Å²) in [5.74, 6) is 0. The summed E-state index contributed by atoms with van der Waals surface area (Å²) in [5, 5.41) is 9.37. The van der Waals surface area contributed by atoms with Crippen LogP contribution in [0.2, 0.25) is 0 Å². The van der Waals surface area contributed by atoms with Crippen molar-refractivity contribution in [1.82, 2.24) is 0 Å². The Balaban J connectivity index is 2.59. The predicted molar refractivity (Wildman–Crippen MR) is 46.5 cm³/mol. The molecule has 1 aromatic carbocycles. The van der Waals surface area contributed by atoms with Crippen molar-refractivity contribution in [3.8, 4) is 0 Å². The zero-order valence-electron chi connectivity index (χ0n) is 5.99. The molecular weight excluding hydrogens is 134 g/mol. The zero-order chi connectivity index (χ0) is 7.68. The number of benzene rings is 1. The fourth-order valence-electron chi connectivity index (χ4n) is 1.21. The maximum atomic E-state index is 9.37. The second-order valence-corrected chi connectivity index (χ2v) is 2.50. The van der Waals surface area contributed by atoms with Crippen LogP contribution in [-0.2, 0) is 0 Å². The molecule has 1 heteroatoms. The highest BCUT2D eigenvalue weighted by Crippen LogP contribution is 2.16. The highest BCUT2D eigenvalue weighted by atomic mass is 14.4. The van der Waals surface area contributed by atoms with Crippen LogP contribution in [0.1, 0.15) is 11.1 Å². The molecule has 1 aliphatic carbocycles. The molecule has 0 N–H and O–H groups in total. The fraction of sp³-hybridized carbons (Fsp3) is 0. The van der Waals surface area contributed by atoms with Crippen molar-refractivity contribution in [2.45, 2.75) is 0 Å². The third kappa shape index (κ3) is 0.944. The Kier molecular flexibility index (Phi) is 1.29. The molecule has 0 saturated carbocycles. The monoisotopic (exact) mass is 141 g/mol. The van der Waals surface area contributed by atoms with Crippen molar-refractivity contribution in [3.63, 3.8) is 0 Å². The average Bonchev–Trinajstić information content (AvgIpc) is 2.06. The first-order valence-electron chi connectivity index (χ1n) is 3.54. The van der Waals surface area contributed by atoms with Crippen LogP contribution >= 0.6 is 0 Å². The summed E-state index contributed by atoms with van der Waals surface area (Å²) in [6.45, 7) is 0. The first kappa shape index (κ1) is 6.23. The van der Waals surface area contributed by atoms with Gasteiger partial charge in [0.15, 0.2) is 0 Å². The van der Waals surface area contributed by atoms with Gasteiger partial charge in [-0.15, -0.1) is 0 Å². The third-order valence-corrected chi connectivity index (χ3v) is 1.77. The predicted octanol–water partition coefficient (Wildman–Crippen LogP) is 2.17. The molecule has 1 aliphatic rings. The van der Waals surface area contributed by atoms with Gasteiger partial charge in [0.1, 0.15) is 5.56 Å². The lowest BCUT2D eigenvalue weighted by Crippen LogP contribution is -2.02. The van der Waals surface area contributed by atoms with Gasteiger partial charge in [0.2, 0.25) is 0 Å². The maximum absolute atomic E-state index is 9.37. The first-order chi connectivity index (χ1) is 5.38. The van der Waals surface area contributed by atoms with Crippen molar-refractivity contribution in [2.24, 2.45) is 0 Å². The topological polar surface area (TPSA) is 22.3 Å². The van der Waals surface area contributed by atoms with Crippen LogP contribution in [0.3, 0.4) is 0 Å². The van der Waals surface area contributed by atoms with Crippen molar-refractivity contribution < 1.29 is 0 Å². The highest BCUT2D eigenvalue weighted by Gasteiger charge is 2.10. The molecule has 0 aliphatic heterocycles. The highest BCUT2D eigenvalue weighted by molar-refractivity contribution is 6.13. The van der Waals surface area contributed by atoms with Gasteiger partial charge in [-0.3, -0.25) is 0 Å². The van der Waals surface area contributed by atoms with Gasteiger partial charge in [0, 0.05) is 18.6 Å². The number of hydrogen-bond acceptors (Lipinski definition) is 0. The summed E-state index contributed by atoms with van der Waals surface area (Å²) in [7, 11) is 0. The van der Waals surface area contributed by atoms with Gasteiger partial charge < -0.3 is 5.41 Å². The van der Waals surface area contributed by atoms with Crippen LogP contribution in [0.15, 0.2) is 36.4 Å². The van der Waals surface area contributed by atoms with Crippen molar-refractivity contribution in [1.29, 1.82) is 0 Å². The van der Waals surface area contributed by atoms with E-state index in [0.29, 0.717) is 5.71 Å². The molecule has 0 amide bonds. The summed E-state index contributed by atoms with van der Waals surface area (Å²) in [6, 6.07) is 7.77. The van der Waals surface area contributed by atoms with E-state index in [0.717, 1.165) is 11.1 Å². The molecule has 0 saturated heterocycles. The first-order valence-corrected chi connectivity index (χ1v) is 3.54. The van der Waals surface area contributed by atoms with Gasteiger partial charge in [-0.2, -0.15) is 0 Å². The Bertz CT molecular complexity index is 323. The van der Waals surface area contributed by atoms with E-state index in [-0.39, 0.29) is 0 Å². The fourth-order valence-corrected chi connectivity index (χ4v) is 1.21. The number of fused-ring (bicyclic) bond motifs is 1. The quantitative estimate of drug-likeness (QED) is 0.494. The minimum atomic E-state index is 0.350.